The van der Waals surface area contributed by atoms with Crippen molar-refractivity contribution in [2.24, 2.45) is 0 Å². The summed E-state index contributed by atoms with van der Waals surface area (Å²) in [4.78, 5) is 50.4. The SMILES string of the molecule is O=C(Cc1cccc(-n2nc(-c3ccccc3F)cc2NC(=O)Nc2cccc(Cl)c2Cl)c1)NC(CO)CO.O=C(Cc1cccc(-n2nc(-c3ccccc3F)cc2NC(=O)Nc2cccc(Cl)c2Cl)c1)NCC(O)CO. The molecule has 2 aromatic heterocycles. The van der Waals surface area contributed by atoms with Gasteiger partial charge in [0.2, 0.25) is 11.8 Å². The Morgan fingerprint density at radius 1 is 0.526 bits per heavy atom. The molecule has 0 saturated carbocycles. The number of carbonyl (C=O) groups is 4. The minimum atomic E-state index is -1.05. The molecule has 2 heterocycles. The van der Waals surface area contributed by atoms with Gasteiger partial charge in [0.15, 0.2) is 0 Å². The van der Waals surface area contributed by atoms with Gasteiger partial charge in [-0.3, -0.25) is 20.2 Å². The average Bonchev–Trinajstić information content (AvgIpc) is 4.07. The molecule has 0 radical (unpaired) electrons. The highest BCUT2D eigenvalue weighted by atomic mass is 35.5. The number of nitrogens with one attached hydrogen (secondary N) is 6. The number of urea groups is 2. The van der Waals surface area contributed by atoms with Gasteiger partial charge in [0.25, 0.3) is 0 Å². The van der Waals surface area contributed by atoms with E-state index < -0.39 is 61.6 Å². The monoisotopic (exact) mass is 1140 g/mol. The van der Waals surface area contributed by atoms with Crippen LogP contribution in [-0.4, -0.2) is 102 Å². The lowest BCUT2D eigenvalue weighted by Crippen LogP contribution is -2.40. The largest absolute Gasteiger partial charge is 0.394 e. The van der Waals surface area contributed by atoms with Crippen LogP contribution >= 0.6 is 46.4 Å². The van der Waals surface area contributed by atoms with Crippen LogP contribution in [0.2, 0.25) is 20.1 Å². The van der Waals surface area contributed by atoms with Gasteiger partial charge in [0.1, 0.15) is 23.3 Å². The van der Waals surface area contributed by atoms with Crippen molar-refractivity contribution in [3.05, 3.63) is 188 Å². The number of aliphatic hydroxyl groups excluding tert-OH is 4. The quantitative estimate of drug-likeness (QED) is 0.0389. The molecule has 0 spiro atoms. The summed E-state index contributed by atoms with van der Waals surface area (Å²) in [6.07, 6.45) is -1.10. The number of aliphatic hydroxyl groups is 4. The highest BCUT2D eigenvalue weighted by Gasteiger charge is 2.21. The second-order valence-corrected chi connectivity index (χ2v) is 18.5. The Labute approximate surface area is 464 Å². The third kappa shape index (κ3) is 15.4. The average molecular weight is 1140 g/mol. The summed E-state index contributed by atoms with van der Waals surface area (Å²) in [5.74, 6) is -1.30. The van der Waals surface area contributed by atoms with Crippen molar-refractivity contribution in [3.63, 3.8) is 0 Å². The van der Waals surface area contributed by atoms with Crippen LogP contribution in [0.1, 0.15) is 11.1 Å². The van der Waals surface area contributed by atoms with Crippen LogP contribution in [0.25, 0.3) is 33.9 Å². The van der Waals surface area contributed by atoms with Crippen molar-refractivity contribution in [2.75, 3.05) is 47.6 Å². The van der Waals surface area contributed by atoms with E-state index in [1.165, 1.54) is 33.6 Å². The first-order valence-corrected chi connectivity index (χ1v) is 25.0. The van der Waals surface area contributed by atoms with Crippen molar-refractivity contribution in [3.8, 4) is 33.9 Å². The van der Waals surface area contributed by atoms with E-state index in [1.807, 2.05) is 0 Å². The van der Waals surface area contributed by atoms with E-state index in [0.717, 1.165) is 0 Å². The van der Waals surface area contributed by atoms with Gasteiger partial charge < -0.3 is 41.7 Å². The van der Waals surface area contributed by atoms with Crippen LogP contribution in [0.4, 0.5) is 41.4 Å². The highest BCUT2D eigenvalue weighted by Crippen LogP contribution is 2.33. The lowest BCUT2D eigenvalue weighted by molar-refractivity contribution is -0.122. The first-order chi connectivity index (χ1) is 37.5. The summed E-state index contributed by atoms with van der Waals surface area (Å²) >= 11 is 24.4. The Kier molecular flexibility index (Phi) is 20.3. The Balaban J connectivity index is 0.000000226. The fraction of sp³-hybridized carbons (Fsp3) is 0.148. The minimum Gasteiger partial charge on any atom is -0.394 e. The topological polar surface area (TPSA) is 257 Å². The Bertz CT molecular complexity index is 3440. The Morgan fingerprint density at radius 2 is 0.962 bits per heavy atom. The smallest absolute Gasteiger partial charge is 0.324 e. The number of aromatic nitrogens is 4. The zero-order valence-electron chi connectivity index (χ0n) is 40.7. The number of rotatable bonds is 18. The second kappa shape index (κ2) is 27.4. The third-order valence-electron chi connectivity index (χ3n) is 11.2. The third-order valence-corrected chi connectivity index (χ3v) is 12.8. The minimum absolute atomic E-state index is 0.00998. The molecule has 78 heavy (non-hydrogen) atoms. The van der Waals surface area contributed by atoms with Gasteiger partial charge in [-0.15, -0.1) is 0 Å². The number of benzene rings is 6. The number of nitrogens with zero attached hydrogens (tertiary/aromatic N) is 4. The van der Waals surface area contributed by atoms with Crippen molar-refractivity contribution < 1.29 is 48.4 Å². The Morgan fingerprint density at radius 3 is 1.40 bits per heavy atom. The first kappa shape index (κ1) is 57.8. The zero-order chi connectivity index (χ0) is 55.9. The fourth-order valence-corrected chi connectivity index (χ4v) is 8.12. The number of carbonyl (C=O) groups excluding carboxylic acids is 4. The van der Waals surface area contributed by atoms with E-state index in [0.29, 0.717) is 33.9 Å². The van der Waals surface area contributed by atoms with Gasteiger partial charge in [-0.2, -0.15) is 10.2 Å². The van der Waals surface area contributed by atoms with Crippen LogP contribution in [0, 0.1) is 11.6 Å². The van der Waals surface area contributed by atoms with Crippen LogP contribution in [0.3, 0.4) is 0 Å². The molecule has 0 fully saturated rings. The molecule has 404 valence electrons. The number of hydrogen-bond donors (Lipinski definition) is 10. The number of hydrogen-bond acceptors (Lipinski definition) is 10. The predicted octanol–water partition coefficient (Wildman–Crippen LogP) is 9.28. The van der Waals surface area contributed by atoms with Crippen molar-refractivity contribution in [2.45, 2.75) is 25.0 Å². The van der Waals surface area contributed by atoms with E-state index in [9.17, 15) is 43.3 Å². The van der Waals surface area contributed by atoms with Crippen LogP contribution in [0.5, 0.6) is 0 Å². The van der Waals surface area contributed by atoms with Crippen molar-refractivity contribution >= 4 is 93.3 Å². The summed E-state index contributed by atoms with van der Waals surface area (Å²) in [5.41, 5.74) is 3.78. The normalized spacial score (nSPS) is 11.3. The molecular weight excluding hydrogens is 1100 g/mol. The maximum Gasteiger partial charge on any atom is 0.324 e. The summed E-state index contributed by atoms with van der Waals surface area (Å²) in [5, 5.41) is 62.5. The molecule has 0 aliphatic heterocycles. The molecule has 0 aliphatic rings. The summed E-state index contributed by atoms with van der Waals surface area (Å²) in [6.45, 7) is -1.34. The maximum atomic E-state index is 14.6. The van der Waals surface area contributed by atoms with Gasteiger partial charge in [-0.25, -0.2) is 27.7 Å². The molecule has 0 aliphatic carbocycles. The fourth-order valence-electron chi connectivity index (χ4n) is 7.43. The van der Waals surface area contributed by atoms with Gasteiger partial charge in [0.05, 0.1) is 99.0 Å². The summed E-state index contributed by atoms with van der Waals surface area (Å²) in [7, 11) is 0. The van der Waals surface area contributed by atoms with Gasteiger partial charge >= 0.3 is 12.1 Å². The lowest BCUT2D eigenvalue weighted by atomic mass is 10.1. The van der Waals surface area contributed by atoms with E-state index in [1.54, 1.807) is 121 Å². The molecule has 24 heteroatoms. The molecule has 8 aromatic rings. The molecular formula is C54H48Cl4F2N10O8. The van der Waals surface area contributed by atoms with Crippen molar-refractivity contribution in [1.29, 1.82) is 0 Å². The zero-order valence-corrected chi connectivity index (χ0v) is 43.8. The number of amides is 6. The van der Waals surface area contributed by atoms with E-state index in [2.05, 4.69) is 42.1 Å². The first-order valence-electron chi connectivity index (χ1n) is 23.5. The molecule has 8 rings (SSSR count). The van der Waals surface area contributed by atoms with E-state index in [4.69, 9.17) is 51.5 Å². The van der Waals surface area contributed by atoms with Gasteiger partial charge in [-0.05, 0) is 83.9 Å². The lowest BCUT2D eigenvalue weighted by Gasteiger charge is -2.14. The predicted molar refractivity (Wildman–Crippen MR) is 296 cm³/mol. The van der Waals surface area contributed by atoms with Gasteiger partial charge in [-0.1, -0.05) is 107 Å². The number of halogens is 6. The molecule has 10 N–H and O–H groups in total. The maximum absolute atomic E-state index is 14.6. The van der Waals surface area contributed by atoms with E-state index >= 15 is 0 Å². The molecule has 0 bridgehead atoms. The standard InChI is InChI=1S/2C27H24Cl2FN5O4/c28-20-8-4-10-22(26(20)29)32-27(39)33-24-13-23(19-7-1-2-9-21(19)30)34-35(24)18-6-3-5-16(11-18)12-25(38)31-17(14-36)15-37;28-20-8-4-10-22(26(20)29)32-27(39)33-24-13-23(19-7-1-2-9-21(19)30)34-35(24)17-6-3-5-16(11-17)12-25(38)31-14-18(37)15-36/h1-11,13,17,36-37H,12,14-15H2,(H,31,38)(H2,32,33,39);1-11,13,18,36-37H,12,14-15H2,(H,31,38)(H2,32,33,39). The molecule has 1 unspecified atom stereocenters. The molecule has 18 nitrogen and oxygen atoms in total. The second-order valence-electron chi connectivity index (χ2n) is 16.9. The van der Waals surface area contributed by atoms with E-state index in [-0.39, 0.29) is 79.5 Å². The van der Waals surface area contributed by atoms with Crippen LogP contribution < -0.4 is 31.9 Å². The molecule has 6 amide bonds. The summed E-state index contributed by atoms with van der Waals surface area (Å²) in [6, 6.07) is 36.5. The van der Waals surface area contributed by atoms with Crippen molar-refractivity contribution in [1.82, 2.24) is 30.2 Å². The van der Waals surface area contributed by atoms with Gasteiger partial charge in [0, 0.05) is 29.8 Å². The molecule has 6 aromatic carbocycles. The molecule has 1 atom stereocenters. The molecule has 0 saturated heterocycles. The van der Waals surface area contributed by atoms with Crippen LogP contribution in [-0.2, 0) is 22.4 Å². The highest BCUT2D eigenvalue weighted by molar-refractivity contribution is 6.44. The Hall–Kier alpha value is -7.92. The number of anilines is 4. The van der Waals surface area contributed by atoms with Crippen LogP contribution in [0.15, 0.2) is 146 Å². The summed E-state index contributed by atoms with van der Waals surface area (Å²) < 4.78 is 31.9.